The SMILES string of the molecule is C=CC1[C@H](C(=O)OC)[C@H]1c1ccccc1. The first-order valence-corrected chi connectivity index (χ1v) is 5.05. The summed E-state index contributed by atoms with van der Waals surface area (Å²) in [5.74, 6) is 0.333. The van der Waals surface area contributed by atoms with E-state index in [0.29, 0.717) is 0 Å². The minimum Gasteiger partial charge on any atom is -0.469 e. The molecule has 1 aromatic carbocycles. The summed E-state index contributed by atoms with van der Waals surface area (Å²) in [4.78, 5) is 11.5. The first-order chi connectivity index (χ1) is 7.29. The number of allylic oxidation sites excluding steroid dienone is 1. The molecule has 0 spiro atoms. The molecule has 15 heavy (non-hydrogen) atoms. The van der Waals surface area contributed by atoms with Gasteiger partial charge in [0.15, 0.2) is 0 Å². The third kappa shape index (κ3) is 1.67. The molecule has 0 bridgehead atoms. The standard InChI is InChI=1S/C13H14O2/c1-3-10-11(12(10)13(14)15-2)9-7-5-4-6-8-9/h3-8,10-12H,1H2,2H3/t10?,11-,12-/m0/s1. The number of hydrogen-bond donors (Lipinski definition) is 0. The van der Waals surface area contributed by atoms with Gasteiger partial charge in [-0.25, -0.2) is 0 Å². The van der Waals surface area contributed by atoms with E-state index in [1.807, 2.05) is 36.4 Å². The molecule has 0 saturated heterocycles. The Morgan fingerprint density at radius 1 is 1.40 bits per heavy atom. The Morgan fingerprint density at radius 2 is 2.07 bits per heavy atom. The van der Waals surface area contributed by atoms with Crippen molar-refractivity contribution in [3.8, 4) is 0 Å². The predicted octanol–water partition coefficient (Wildman–Crippen LogP) is 2.38. The maximum atomic E-state index is 11.5. The van der Waals surface area contributed by atoms with Crippen molar-refractivity contribution in [1.29, 1.82) is 0 Å². The van der Waals surface area contributed by atoms with E-state index in [1.165, 1.54) is 12.7 Å². The molecule has 2 rings (SSSR count). The smallest absolute Gasteiger partial charge is 0.309 e. The number of methoxy groups -OCH3 is 1. The second kappa shape index (κ2) is 3.89. The molecule has 2 nitrogen and oxygen atoms in total. The van der Waals surface area contributed by atoms with Crippen molar-refractivity contribution in [3.05, 3.63) is 48.6 Å². The molecule has 1 aliphatic carbocycles. The third-order valence-corrected chi connectivity index (χ3v) is 3.01. The van der Waals surface area contributed by atoms with E-state index in [9.17, 15) is 4.79 Å². The van der Waals surface area contributed by atoms with Crippen LogP contribution in [0.2, 0.25) is 0 Å². The molecule has 3 atom stereocenters. The van der Waals surface area contributed by atoms with Crippen molar-refractivity contribution in [2.45, 2.75) is 5.92 Å². The Kier molecular flexibility index (Phi) is 2.58. The van der Waals surface area contributed by atoms with Gasteiger partial charge in [-0.2, -0.15) is 0 Å². The highest BCUT2D eigenvalue weighted by Gasteiger charge is 2.54. The first-order valence-electron chi connectivity index (χ1n) is 5.05. The lowest BCUT2D eigenvalue weighted by atomic mass is 10.1. The first kappa shape index (κ1) is 9.97. The molecule has 0 aliphatic heterocycles. The average Bonchev–Trinajstić information content (AvgIpc) is 3.03. The van der Waals surface area contributed by atoms with Crippen LogP contribution in [0, 0.1) is 11.8 Å². The average molecular weight is 202 g/mol. The van der Waals surface area contributed by atoms with Gasteiger partial charge >= 0.3 is 5.97 Å². The highest BCUT2D eigenvalue weighted by molar-refractivity contribution is 5.78. The Hall–Kier alpha value is -1.57. The highest BCUT2D eigenvalue weighted by atomic mass is 16.5. The Bertz CT molecular complexity index is 369. The fourth-order valence-electron chi connectivity index (χ4n) is 2.17. The topological polar surface area (TPSA) is 26.3 Å². The molecular weight excluding hydrogens is 188 g/mol. The van der Waals surface area contributed by atoms with E-state index in [-0.39, 0.29) is 23.7 Å². The van der Waals surface area contributed by atoms with Gasteiger partial charge in [-0.15, -0.1) is 6.58 Å². The number of hydrogen-bond acceptors (Lipinski definition) is 2. The number of benzene rings is 1. The Balaban J connectivity index is 2.19. The van der Waals surface area contributed by atoms with Crippen molar-refractivity contribution in [2.24, 2.45) is 11.8 Å². The van der Waals surface area contributed by atoms with Gasteiger partial charge in [-0.3, -0.25) is 4.79 Å². The van der Waals surface area contributed by atoms with Crippen LogP contribution in [0.1, 0.15) is 11.5 Å². The molecule has 1 unspecified atom stereocenters. The van der Waals surface area contributed by atoms with Gasteiger partial charge in [0.2, 0.25) is 0 Å². The second-order valence-electron chi connectivity index (χ2n) is 3.80. The van der Waals surface area contributed by atoms with Crippen molar-refractivity contribution in [3.63, 3.8) is 0 Å². The molecule has 1 saturated carbocycles. The monoisotopic (exact) mass is 202 g/mol. The van der Waals surface area contributed by atoms with Crippen molar-refractivity contribution in [2.75, 3.05) is 7.11 Å². The molecule has 0 amide bonds. The highest BCUT2D eigenvalue weighted by Crippen LogP contribution is 2.55. The molecule has 2 heteroatoms. The molecule has 0 N–H and O–H groups in total. The molecule has 0 radical (unpaired) electrons. The van der Waals surface area contributed by atoms with E-state index >= 15 is 0 Å². The maximum Gasteiger partial charge on any atom is 0.309 e. The van der Waals surface area contributed by atoms with Gasteiger partial charge in [-0.1, -0.05) is 36.4 Å². The van der Waals surface area contributed by atoms with E-state index in [2.05, 4.69) is 6.58 Å². The molecule has 1 aromatic rings. The molecule has 78 valence electrons. The summed E-state index contributed by atoms with van der Waals surface area (Å²) in [7, 11) is 1.43. The summed E-state index contributed by atoms with van der Waals surface area (Å²) < 4.78 is 4.77. The molecular formula is C13H14O2. The van der Waals surface area contributed by atoms with Gasteiger partial charge in [0.05, 0.1) is 13.0 Å². The zero-order valence-corrected chi connectivity index (χ0v) is 8.72. The Morgan fingerprint density at radius 3 is 2.60 bits per heavy atom. The van der Waals surface area contributed by atoms with E-state index in [1.54, 1.807) is 0 Å². The third-order valence-electron chi connectivity index (χ3n) is 3.01. The van der Waals surface area contributed by atoms with Crippen LogP contribution in [0.3, 0.4) is 0 Å². The van der Waals surface area contributed by atoms with Crippen LogP contribution in [0.5, 0.6) is 0 Å². The maximum absolute atomic E-state index is 11.5. The lowest BCUT2D eigenvalue weighted by molar-refractivity contribution is -0.142. The number of esters is 1. The fraction of sp³-hybridized carbons (Fsp3) is 0.308. The molecule has 0 heterocycles. The van der Waals surface area contributed by atoms with E-state index < -0.39 is 0 Å². The van der Waals surface area contributed by atoms with E-state index in [4.69, 9.17) is 4.74 Å². The number of carbonyl (C=O) groups excluding carboxylic acids is 1. The predicted molar refractivity (Wildman–Crippen MR) is 58.4 cm³/mol. The van der Waals surface area contributed by atoms with Gasteiger partial charge < -0.3 is 4.74 Å². The van der Waals surface area contributed by atoms with Crippen LogP contribution in [-0.2, 0) is 9.53 Å². The normalized spacial score (nSPS) is 28.2. The van der Waals surface area contributed by atoms with Crippen molar-refractivity contribution < 1.29 is 9.53 Å². The summed E-state index contributed by atoms with van der Waals surface area (Å²) in [5, 5.41) is 0. The van der Waals surface area contributed by atoms with E-state index in [0.717, 1.165) is 0 Å². The zero-order chi connectivity index (χ0) is 10.8. The summed E-state index contributed by atoms with van der Waals surface area (Å²) in [6.07, 6.45) is 1.85. The minimum atomic E-state index is -0.131. The van der Waals surface area contributed by atoms with Crippen LogP contribution in [0.25, 0.3) is 0 Å². The largest absolute Gasteiger partial charge is 0.469 e. The summed E-state index contributed by atoms with van der Waals surface area (Å²) >= 11 is 0. The van der Waals surface area contributed by atoms with Crippen LogP contribution in [0.4, 0.5) is 0 Å². The molecule has 1 aliphatic rings. The molecule has 0 aromatic heterocycles. The second-order valence-corrected chi connectivity index (χ2v) is 3.80. The summed E-state index contributed by atoms with van der Waals surface area (Å²) in [5.41, 5.74) is 1.19. The van der Waals surface area contributed by atoms with Crippen LogP contribution in [0.15, 0.2) is 43.0 Å². The van der Waals surface area contributed by atoms with Gasteiger partial charge in [0.25, 0.3) is 0 Å². The van der Waals surface area contributed by atoms with Gasteiger partial charge in [-0.05, 0) is 11.5 Å². The number of ether oxygens (including phenoxy) is 1. The van der Waals surface area contributed by atoms with Crippen LogP contribution >= 0.6 is 0 Å². The zero-order valence-electron chi connectivity index (χ0n) is 8.72. The Labute approximate surface area is 89.6 Å². The fourth-order valence-corrected chi connectivity index (χ4v) is 2.17. The van der Waals surface area contributed by atoms with Crippen LogP contribution < -0.4 is 0 Å². The van der Waals surface area contributed by atoms with Crippen molar-refractivity contribution >= 4 is 5.97 Å². The lowest BCUT2D eigenvalue weighted by Gasteiger charge is -1.98. The number of carbonyl (C=O) groups is 1. The molecule has 1 fully saturated rings. The van der Waals surface area contributed by atoms with Crippen LogP contribution in [-0.4, -0.2) is 13.1 Å². The number of rotatable bonds is 3. The lowest BCUT2D eigenvalue weighted by Crippen LogP contribution is -2.04. The van der Waals surface area contributed by atoms with Gasteiger partial charge in [0.1, 0.15) is 0 Å². The van der Waals surface area contributed by atoms with Gasteiger partial charge in [0, 0.05) is 5.92 Å². The minimum absolute atomic E-state index is 0.0325. The summed E-state index contributed by atoms with van der Waals surface area (Å²) in [6, 6.07) is 10.0. The quantitative estimate of drug-likeness (QED) is 0.555. The summed E-state index contributed by atoms with van der Waals surface area (Å²) in [6.45, 7) is 3.76. The van der Waals surface area contributed by atoms with Crippen molar-refractivity contribution in [1.82, 2.24) is 0 Å².